The zero-order valence-corrected chi connectivity index (χ0v) is 19.2. The normalized spacial score (nSPS) is 22.3. The van der Waals surface area contributed by atoms with Crippen LogP contribution < -0.4 is 0 Å². The minimum atomic E-state index is -0.862. The molecule has 2 unspecified atom stereocenters. The molecule has 0 aromatic heterocycles. The molecule has 1 saturated carbocycles. The molecule has 0 amide bonds. The van der Waals surface area contributed by atoms with E-state index >= 15 is 0 Å². The molecule has 172 valence electrons. The highest BCUT2D eigenvalue weighted by atomic mass is 32.2. The summed E-state index contributed by atoms with van der Waals surface area (Å²) in [5.74, 6) is 0.248. The largest absolute Gasteiger partial charge is 0.480 e. The van der Waals surface area contributed by atoms with E-state index < -0.39 is 16.8 Å². The van der Waals surface area contributed by atoms with Crippen molar-refractivity contribution >= 4 is 23.5 Å². The number of carbonyl (C=O) groups excluding carboxylic acids is 1. The Kier molecular flexibility index (Phi) is 13.3. The maximum absolute atomic E-state index is 12.3. The van der Waals surface area contributed by atoms with Gasteiger partial charge in [0.25, 0.3) is 0 Å². The molecule has 0 heterocycles. The lowest BCUT2D eigenvalue weighted by Gasteiger charge is -2.23. The number of unbranched alkanes of at least 4 members (excludes halogenated alkanes) is 3. The first-order chi connectivity index (χ1) is 14.4. The van der Waals surface area contributed by atoms with Gasteiger partial charge in [-0.3, -0.25) is 9.59 Å². The van der Waals surface area contributed by atoms with Crippen molar-refractivity contribution in [3.63, 3.8) is 0 Å². The number of aliphatic carboxylic acids is 1. The number of allylic oxidation sites excluding steroid dienone is 1. The van der Waals surface area contributed by atoms with Gasteiger partial charge in [0, 0.05) is 18.1 Å². The highest BCUT2D eigenvalue weighted by Gasteiger charge is 2.32. The van der Waals surface area contributed by atoms with Crippen LogP contribution in [0, 0.1) is 11.8 Å². The third-order valence-electron chi connectivity index (χ3n) is 6.02. The van der Waals surface area contributed by atoms with E-state index in [1.54, 1.807) is 6.08 Å². The molecule has 4 atom stereocenters. The predicted molar refractivity (Wildman–Crippen MR) is 124 cm³/mol. The van der Waals surface area contributed by atoms with Crippen LogP contribution in [0.1, 0.15) is 77.6 Å². The van der Waals surface area contributed by atoms with Gasteiger partial charge >= 0.3 is 5.97 Å². The quantitative estimate of drug-likeness (QED) is 0.223. The summed E-state index contributed by atoms with van der Waals surface area (Å²) in [7, 11) is 0. The minimum Gasteiger partial charge on any atom is -0.480 e. The van der Waals surface area contributed by atoms with Crippen LogP contribution >= 0.6 is 11.8 Å². The van der Waals surface area contributed by atoms with Crippen LogP contribution in [-0.4, -0.2) is 50.3 Å². The summed E-state index contributed by atoms with van der Waals surface area (Å²) in [5.41, 5.74) is -0.862. The summed E-state index contributed by atoms with van der Waals surface area (Å²) in [4.78, 5) is 23.6. The topological polar surface area (TPSA) is 94.8 Å². The summed E-state index contributed by atoms with van der Waals surface area (Å²) in [6, 6.07) is 0. The van der Waals surface area contributed by atoms with Crippen LogP contribution in [0.4, 0.5) is 0 Å². The fourth-order valence-corrected chi connectivity index (χ4v) is 4.97. The van der Waals surface area contributed by atoms with Crippen LogP contribution in [0.25, 0.3) is 0 Å². The van der Waals surface area contributed by atoms with Crippen molar-refractivity contribution in [3.05, 3.63) is 24.8 Å². The fraction of sp³-hybridized carbons (Fsp3) is 0.750. The van der Waals surface area contributed by atoms with Crippen LogP contribution in [0.5, 0.6) is 0 Å². The van der Waals surface area contributed by atoms with Crippen LogP contribution in [0.2, 0.25) is 0 Å². The Bertz CT molecular complexity index is 562. The molecule has 0 aliphatic heterocycles. The number of aliphatic hydroxyl groups excluding tert-OH is 1. The maximum Gasteiger partial charge on any atom is 0.316 e. The first-order valence-electron chi connectivity index (χ1n) is 11.4. The van der Waals surface area contributed by atoms with Gasteiger partial charge in [0.05, 0.1) is 12.2 Å². The molecule has 0 saturated heterocycles. The summed E-state index contributed by atoms with van der Waals surface area (Å²) in [5, 5.41) is 28.2. The van der Waals surface area contributed by atoms with Gasteiger partial charge in [0.1, 0.15) is 11.0 Å². The molecule has 0 radical (unpaired) electrons. The molecule has 1 fully saturated rings. The van der Waals surface area contributed by atoms with Crippen molar-refractivity contribution in [1.29, 1.82) is 0 Å². The standard InChI is InChI=1S/C24H40O5S/c1-3-5-15-24(29,4-2)16-9-10-19-13-14-21(26)20(19)11-7-6-8-12-22(23(27)28)30-18-17-25/h4,9-10,19-20,22,25,29H,2-3,5-8,11-18H2,1H3,(H,27,28)/t19-,20+,22?,24?/m0/s1. The number of carboxylic acid groups (broad SMARTS) is 1. The summed E-state index contributed by atoms with van der Waals surface area (Å²) >= 11 is 1.29. The Morgan fingerprint density at radius 2 is 2.10 bits per heavy atom. The molecule has 30 heavy (non-hydrogen) atoms. The van der Waals surface area contributed by atoms with Crippen molar-refractivity contribution in [2.24, 2.45) is 11.8 Å². The van der Waals surface area contributed by atoms with E-state index in [1.807, 2.05) is 6.08 Å². The number of hydrogen-bond acceptors (Lipinski definition) is 5. The van der Waals surface area contributed by atoms with E-state index in [0.29, 0.717) is 37.2 Å². The predicted octanol–water partition coefficient (Wildman–Crippen LogP) is 4.76. The SMILES string of the molecule is C=CC(O)(CC=C[C@H]1CCC(=O)[C@@H]1CCCCCC(SCCO)C(=O)O)CCCC. The maximum atomic E-state index is 12.3. The first-order valence-corrected chi connectivity index (χ1v) is 12.4. The second kappa shape index (κ2) is 14.8. The number of ketones is 1. The number of carboxylic acids is 1. The summed E-state index contributed by atoms with van der Waals surface area (Å²) in [6.07, 6.45) is 14.6. The van der Waals surface area contributed by atoms with Crippen molar-refractivity contribution in [2.75, 3.05) is 12.4 Å². The third kappa shape index (κ3) is 9.80. The van der Waals surface area contributed by atoms with Gasteiger partial charge in [-0.1, -0.05) is 57.3 Å². The lowest BCUT2D eigenvalue weighted by molar-refractivity contribution is -0.136. The van der Waals surface area contributed by atoms with Gasteiger partial charge in [0.15, 0.2) is 0 Å². The monoisotopic (exact) mass is 440 g/mol. The molecule has 0 spiro atoms. The zero-order chi connectivity index (χ0) is 22.4. The second-order valence-electron chi connectivity index (χ2n) is 8.38. The molecule has 0 aromatic carbocycles. The van der Waals surface area contributed by atoms with Crippen LogP contribution in [0.15, 0.2) is 24.8 Å². The molecular formula is C24H40O5S. The lowest BCUT2D eigenvalue weighted by Crippen LogP contribution is -2.24. The average molecular weight is 441 g/mol. The molecular weight excluding hydrogens is 400 g/mol. The van der Waals surface area contributed by atoms with Crippen molar-refractivity contribution in [1.82, 2.24) is 0 Å². The number of carbonyl (C=O) groups is 2. The van der Waals surface area contributed by atoms with Gasteiger partial charge in [-0.05, 0) is 38.0 Å². The second-order valence-corrected chi connectivity index (χ2v) is 9.69. The minimum absolute atomic E-state index is 0.00402. The molecule has 0 aromatic rings. The Morgan fingerprint density at radius 3 is 2.73 bits per heavy atom. The third-order valence-corrected chi connectivity index (χ3v) is 7.28. The number of Topliss-reactive ketones (excluding diaryl/α,β-unsaturated/α-hetero) is 1. The van der Waals surface area contributed by atoms with E-state index in [0.717, 1.165) is 44.9 Å². The van der Waals surface area contributed by atoms with Crippen molar-refractivity contribution in [3.8, 4) is 0 Å². The fourth-order valence-electron chi connectivity index (χ4n) is 4.10. The molecule has 1 rings (SSSR count). The molecule has 0 bridgehead atoms. The summed E-state index contributed by atoms with van der Waals surface area (Å²) < 4.78 is 0. The van der Waals surface area contributed by atoms with E-state index in [2.05, 4.69) is 19.6 Å². The van der Waals surface area contributed by atoms with Gasteiger partial charge in [0.2, 0.25) is 0 Å². The Hall–Kier alpha value is -1.11. The highest BCUT2D eigenvalue weighted by molar-refractivity contribution is 8.00. The molecule has 3 N–H and O–H groups in total. The van der Waals surface area contributed by atoms with Crippen molar-refractivity contribution < 1.29 is 24.9 Å². The first kappa shape index (κ1) is 26.9. The number of rotatable bonds is 17. The lowest BCUT2D eigenvalue weighted by atomic mass is 9.88. The van der Waals surface area contributed by atoms with Gasteiger partial charge < -0.3 is 15.3 Å². The van der Waals surface area contributed by atoms with E-state index in [9.17, 15) is 19.8 Å². The molecule has 6 heteroatoms. The van der Waals surface area contributed by atoms with E-state index in [4.69, 9.17) is 5.11 Å². The van der Waals surface area contributed by atoms with E-state index in [1.165, 1.54) is 11.8 Å². The Labute approximate surface area is 186 Å². The summed E-state index contributed by atoms with van der Waals surface area (Å²) in [6.45, 7) is 5.87. The average Bonchev–Trinajstić information content (AvgIpc) is 3.07. The molecule has 1 aliphatic rings. The van der Waals surface area contributed by atoms with Gasteiger partial charge in [-0.2, -0.15) is 0 Å². The van der Waals surface area contributed by atoms with Gasteiger partial charge in [-0.15, -0.1) is 18.3 Å². The van der Waals surface area contributed by atoms with Crippen molar-refractivity contribution in [2.45, 2.75) is 88.4 Å². The zero-order valence-electron chi connectivity index (χ0n) is 18.4. The molecule has 1 aliphatic carbocycles. The molecule has 5 nitrogen and oxygen atoms in total. The number of hydrogen-bond donors (Lipinski definition) is 3. The Morgan fingerprint density at radius 1 is 1.33 bits per heavy atom. The van der Waals surface area contributed by atoms with Crippen LogP contribution in [0.3, 0.4) is 0 Å². The van der Waals surface area contributed by atoms with E-state index in [-0.39, 0.29) is 18.4 Å². The van der Waals surface area contributed by atoms with Gasteiger partial charge in [-0.25, -0.2) is 0 Å². The Balaban J connectivity index is 2.42. The number of aliphatic hydroxyl groups is 2. The van der Waals surface area contributed by atoms with Crippen LogP contribution in [-0.2, 0) is 9.59 Å². The smallest absolute Gasteiger partial charge is 0.316 e. The highest BCUT2D eigenvalue weighted by Crippen LogP contribution is 2.34. The number of thioether (sulfide) groups is 1.